The van der Waals surface area contributed by atoms with E-state index in [0.29, 0.717) is 11.5 Å². The average molecular weight is 979 g/mol. The molecule has 302 valence electrons. The molecular weight excluding hydrogens is 940 g/mol. The van der Waals surface area contributed by atoms with Crippen molar-refractivity contribution in [3.05, 3.63) is 200 Å². The predicted molar refractivity (Wildman–Crippen MR) is 253 cm³/mol. The van der Waals surface area contributed by atoms with Gasteiger partial charge in [-0.25, -0.2) is 4.98 Å². The first-order chi connectivity index (χ1) is 29.9. The minimum atomic E-state index is 0. The molecule has 0 bridgehead atoms. The summed E-state index contributed by atoms with van der Waals surface area (Å²) in [6.07, 6.45) is 0. The summed E-state index contributed by atoms with van der Waals surface area (Å²) in [5.41, 5.74) is 8.44. The molecule has 11 aromatic rings. The number of fused-ring (bicyclic) bond motifs is 11. The van der Waals surface area contributed by atoms with E-state index in [-0.39, 0.29) is 26.5 Å². The van der Waals surface area contributed by atoms with E-state index < -0.39 is 0 Å². The van der Waals surface area contributed by atoms with Crippen molar-refractivity contribution in [2.45, 2.75) is 26.2 Å². The van der Waals surface area contributed by atoms with E-state index in [2.05, 4.69) is 212 Å². The van der Waals surface area contributed by atoms with E-state index in [1.807, 2.05) is 18.2 Å². The molecule has 0 spiro atoms. The van der Waals surface area contributed by atoms with Crippen LogP contribution < -0.4 is 14.5 Å². The van der Waals surface area contributed by atoms with Crippen molar-refractivity contribution in [2.24, 2.45) is 0 Å². The van der Waals surface area contributed by atoms with Gasteiger partial charge in [-0.15, -0.1) is 48.1 Å². The van der Waals surface area contributed by atoms with E-state index in [0.717, 1.165) is 66.7 Å². The summed E-state index contributed by atoms with van der Waals surface area (Å²) in [4.78, 5) is 9.93. The van der Waals surface area contributed by atoms with Crippen LogP contribution in [0.25, 0.3) is 70.8 Å². The van der Waals surface area contributed by atoms with Crippen molar-refractivity contribution in [3.63, 3.8) is 0 Å². The normalized spacial score (nSPS) is 12.8. The number of hydrogen-bond acceptors (Lipinski definition) is 4. The third kappa shape index (κ3) is 6.06. The largest absolute Gasteiger partial charge is 0.509 e. The number of aromatic nitrogens is 2. The Labute approximate surface area is 374 Å². The topological polar surface area (TPSA) is 33.5 Å². The van der Waals surface area contributed by atoms with E-state index in [1.165, 1.54) is 32.5 Å². The third-order valence-electron chi connectivity index (χ3n) is 12.2. The van der Waals surface area contributed by atoms with E-state index in [4.69, 9.17) is 9.72 Å². The number of ether oxygens (including phenoxy) is 1. The van der Waals surface area contributed by atoms with Crippen LogP contribution in [0, 0.1) is 18.8 Å². The van der Waals surface area contributed by atoms with Gasteiger partial charge in [-0.05, 0) is 80.4 Å². The zero-order valence-corrected chi connectivity index (χ0v) is 36.6. The standard InChI is InChI=1S/C56H39N4O.Pt/c1-56(2,3)38-25-27-39(28-26-38)58-35-59(51-22-11-10-21-50(51)58)40-15-12-16-41(33-40)61-42-29-31-46-45-19-8-9-20-49(45)60(52(46)34-42)55-47-30-23-36-13-4-6-17-43(36)53(47)54-44-18-7-5-14-37(44)24-32-48(54)57-55;/h4-32,35H,1-3H3;/q-3;. The Hall–Kier alpha value is -6.94. The molecule has 1 aliphatic rings. The summed E-state index contributed by atoms with van der Waals surface area (Å²) < 4.78 is 8.95. The minimum absolute atomic E-state index is 0. The molecule has 3 heterocycles. The molecule has 0 N–H and O–H groups in total. The van der Waals surface area contributed by atoms with Gasteiger partial charge in [-0.3, -0.25) is 0 Å². The molecule has 62 heavy (non-hydrogen) atoms. The van der Waals surface area contributed by atoms with Gasteiger partial charge in [-0.1, -0.05) is 129 Å². The number of hydrogen-bond donors (Lipinski definition) is 0. The van der Waals surface area contributed by atoms with Gasteiger partial charge >= 0.3 is 0 Å². The molecular formula is C56H39N4OPt-3. The first-order valence-electron chi connectivity index (χ1n) is 20.8. The predicted octanol–water partition coefficient (Wildman–Crippen LogP) is 14.9. The van der Waals surface area contributed by atoms with Crippen LogP contribution in [0.4, 0.5) is 22.7 Å². The Morgan fingerprint density at radius 3 is 1.90 bits per heavy atom. The number of pyridine rings is 1. The Balaban J connectivity index is 0.00000432. The zero-order valence-electron chi connectivity index (χ0n) is 34.3. The van der Waals surface area contributed by atoms with Crippen LogP contribution in [0.5, 0.6) is 11.5 Å². The molecule has 0 radical (unpaired) electrons. The Kier molecular flexibility index (Phi) is 8.96. The molecule has 0 atom stereocenters. The van der Waals surface area contributed by atoms with Gasteiger partial charge in [0.25, 0.3) is 0 Å². The molecule has 0 fully saturated rings. The number of benzene rings is 9. The van der Waals surface area contributed by atoms with Crippen molar-refractivity contribution < 1.29 is 25.8 Å². The molecule has 1 aliphatic heterocycles. The maximum Gasteiger partial charge on any atom is 0.144 e. The first kappa shape index (κ1) is 38.0. The molecule has 5 nitrogen and oxygen atoms in total. The molecule has 2 aromatic heterocycles. The van der Waals surface area contributed by atoms with Gasteiger partial charge < -0.3 is 19.1 Å². The maximum atomic E-state index is 6.68. The van der Waals surface area contributed by atoms with Crippen LogP contribution in [0.2, 0.25) is 0 Å². The molecule has 0 saturated carbocycles. The van der Waals surface area contributed by atoms with Crippen LogP contribution in [-0.4, -0.2) is 9.55 Å². The van der Waals surface area contributed by atoms with Crippen molar-refractivity contribution >= 4 is 87.8 Å². The van der Waals surface area contributed by atoms with Gasteiger partial charge in [0.05, 0.1) is 5.52 Å². The number of anilines is 4. The van der Waals surface area contributed by atoms with Crippen LogP contribution in [0.3, 0.4) is 0 Å². The third-order valence-corrected chi connectivity index (χ3v) is 12.2. The Bertz CT molecular complexity index is 3550. The smallest absolute Gasteiger partial charge is 0.144 e. The van der Waals surface area contributed by atoms with E-state index >= 15 is 0 Å². The first-order valence-corrected chi connectivity index (χ1v) is 20.8. The second kappa shape index (κ2) is 14.6. The molecule has 0 aliphatic carbocycles. The van der Waals surface area contributed by atoms with Crippen LogP contribution in [0.15, 0.2) is 176 Å². The number of nitrogens with zero attached hydrogens (tertiary/aromatic N) is 4. The second-order valence-corrected chi connectivity index (χ2v) is 16.9. The molecule has 0 unspecified atom stereocenters. The zero-order chi connectivity index (χ0) is 40.8. The average Bonchev–Trinajstić information content (AvgIpc) is 3.84. The summed E-state index contributed by atoms with van der Waals surface area (Å²) in [6, 6.07) is 69.4. The maximum absolute atomic E-state index is 6.68. The van der Waals surface area contributed by atoms with Crippen molar-refractivity contribution in [3.8, 4) is 17.3 Å². The fourth-order valence-electron chi connectivity index (χ4n) is 9.23. The summed E-state index contributed by atoms with van der Waals surface area (Å²) in [6.45, 7) is 8.87. The monoisotopic (exact) mass is 978 g/mol. The van der Waals surface area contributed by atoms with Gasteiger partial charge in [0.2, 0.25) is 0 Å². The van der Waals surface area contributed by atoms with Gasteiger partial charge in [0.1, 0.15) is 5.82 Å². The summed E-state index contributed by atoms with van der Waals surface area (Å²) in [5, 5.41) is 10.4. The number of rotatable bonds is 5. The Morgan fingerprint density at radius 1 is 0.516 bits per heavy atom. The Morgan fingerprint density at radius 2 is 1.15 bits per heavy atom. The summed E-state index contributed by atoms with van der Waals surface area (Å²) >= 11 is 0. The van der Waals surface area contributed by atoms with Crippen LogP contribution in [0.1, 0.15) is 26.3 Å². The molecule has 6 heteroatoms. The fourth-order valence-corrected chi connectivity index (χ4v) is 9.23. The quantitative estimate of drug-likeness (QED) is 0.127. The van der Waals surface area contributed by atoms with E-state index in [1.54, 1.807) is 0 Å². The van der Waals surface area contributed by atoms with Crippen molar-refractivity contribution in [2.75, 3.05) is 9.80 Å². The van der Waals surface area contributed by atoms with Crippen LogP contribution in [-0.2, 0) is 26.5 Å². The SMILES string of the molecule is CC(C)(C)c1ccc(N2[CH-]N(c3[c-]c(Oc4[c-]c5c(cc4)c4ccccc4n5-c4nc5ccc6ccccc6c5c5c4ccc4ccccc45)ccc3)c3ccccc32)cc1.[Pt]. The van der Waals surface area contributed by atoms with Gasteiger partial charge in [-0.2, -0.15) is 12.1 Å². The second-order valence-electron chi connectivity index (χ2n) is 16.9. The summed E-state index contributed by atoms with van der Waals surface area (Å²) in [7, 11) is 0. The molecule has 9 aromatic carbocycles. The fraction of sp³-hybridized carbons (Fsp3) is 0.0714. The van der Waals surface area contributed by atoms with Crippen molar-refractivity contribution in [1.82, 2.24) is 9.55 Å². The van der Waals surface area contributed by atoms with Crippen LogP contribution >= 0.6 is 0 Å². The number of para-hydroxylation sites is 3. The molecule has 12 rings (SSSR count). The molecule has 0 amide bonds. The van der Waals surface area contributed by atoms with E-state index in [9.17, 15) is 0 Å². The molecule has 0 saturated heterocycles. The van der Waals surface area contributed by atoms with Crippen molar-refractivity contribution in [1.29, 1.82) is 0 Å². The minimum Gasteiger partial charge on any atom is -0.509 e. The summed E-state index contributed by atoms with van der Waals surface area (Å²) in [5.74, 6) is 2.05. The van der Waals surface area contributed by atoms with Gasteiger partial charge in [0, 0.05) is 71.3 Å². The van der Waals surface area contributed by atoms with Gasteiger partial charge in [0.15, 0.2) is 0 Å².